The summed E-state index contributed by atoms with van der Waals surface area (Å²) in [7, 11) is -3.02. The molecule has 0 aromatic carbocycles. The Balaban J connectivity index is 2.16. The van der Waals surface area contributed by atoms with Crippen molar-refractivity contribution in [2.75, 3.05) is 29.5 Å². The van der Waals surface area contributed by atoms with Crippen molar-refractivity contribution >= 4 is 21.7 Å². The summed E-state index contributed by atoms with van der Waals surface area (Å²) >= 11 is 0. The molecule has 2 rings (SSSR count). The number of carbonyl (C=O) groups excluding carboxylic acids is 1. The lowest BCUT2D eigenvalue weighted by molar-refractivity contribution is 0.0936. The molecule has 1 saturated heterocycles. The van der Waals surface area contributed by atoms with Gasteiger partial charge in [0.25, 0.3) is 5.91 Å². The maximum absolute atomic E-state index is 12.3. The van der Waals surface area contributed by atoms with Crippen molar-refractivity contribution in [3.8, 4) is 0 Å². The first-order valence-corrected chi connectivity index (χ1v) is 9.28. The number of nitrogens with one attached hydrogen (secondary N) is 1. The van der Waals surface area contributed by atoms with Gasteiger partial charge in [-0.1, -0.05) is 0 Å². The van der Waals surface area contributed by atoms with Gasteiger partial charge in [-0.05, 0) is 33.3 Å². The van der Waals surface area contributed by atoms with Gasteiger partial charge in [-0.3, -0.25) is 4.79 Å². The standard InChI is InChI=1S/C14H22N4O3S/c1-4-18(5-2)14-15-10(3)8-12(17-14)13(19)16-11-6-7-22(20,21)9-11/h8,11H,4-7,9H2,1-3H3,(H,16,19)/t11-/m0/s1. The van der Waals surface area contributed by atoms with E-state index in [-0.39, 0.29) is 29.1 Å². The Bertz CT molecular complexity index is 656. The highest BCUT2D eigenvalue weighted by Gasteiger charge is 2.29. The van der Waals surface area contributed by atoms with Crippen molar-refractivity contribution < 1.29 is 13.2 Å². The summed E-state index contributed by atoms with van der Waals surface area (Å²) in [5, 5.41) is 2.75. The van der Waals surface area contributed by atoms with Gasteiger partial charge in [0, 0.05) is 24.8 Å². The van der Waals surface area contributed by atoms with Crippen molar-refractivity contribution in [2.24, 2.45) is 0 Å². The lowest BCUT2D eigenvalue weighted by Crippen LogP contribution is -2.36. The third-order valence-corrected chi connectivity index (χ3v) is 5.46. The van der Waals surface area contributed by atoms with Crippen LogP contribution in [0.5, 0.6) is 0 Å². The average Bonchev–Trinajstić information content (AvgIpc) is 2.78. The van der Waals surface area contributed by atoms with E-state index in [1.807, 2.05) is 25.7 Å². The zero-order valence-electron chi connectivity index (χ0n) is 13.2. The molecule has 8 heteroatoms. The molecular formula is C14H22N4O3S. The third kappa shape index (κ3) is 3.94. The molecule has 1 aromatic rings. The molecule has 1 aromatic heterocycles. The number of nitrogens with zero attached hydrogens (tertiary/aromatic N) is 3. The van der Waals surface area contributed by atoms with Crippen molar-refractivity contribution in [2.45, 2.75) is 33.2 Å². The second kappa shape index (κ2) is 6.60. The molecule has 122 valence electrons. The van der Waals surface area contributed by atoms with Gasteiger partial charge >= 0.3 is 0 Å². The second-order valence-electron chi connectivity index (χ2n) is 5.44. The fourth-order valence-corrected chi connectivity index (χ4v) is 4.16. The molecule has 0 spiro atoms. The molecule has 22 heavy (non-hydrogen) atoms. The average molecular weight is 326 g/mol. The number of aromatic nitrogens is 2. The molecule has 7 nitrogen and oxygen atoms in total. The van der Waals surface area contributed by atoms with E-state index in [1.54, 1.807) is 6.07 Å². The van der Waals surface area contributed by atoms with Crippen molar-refractivity contribution in [1.82, 2.24) is 15.3 Å². The highest BCUT2D eigenvalue weighted by atomic mass is 32.2. The molecule has 1 aliphatic rings. The number of hydrogen-bond donors (Lipinski definition) is 1. The van der Waals surface area contributed by atoms with E-state index in [1.165, 1.54) is 0 Å². The maximum atomic E-state index is 12.3. The van der Waals surface area contributed by atoms with Crippen molar-refractivity contribution in [3.63, 3.8) is 0 Å². The monoisotopic (exact) mass is 326 g/mol. The molecule has 0 unspecified atom stereocenters. The van der Waals surface area contributed by atoms with Crippen LogP contribution in [0.15, 0.2) is 6.07 Å². The lowest BCUT2D eigenvalue weighted by Gasteiger charge is -2.19. The molecule has 0 aliphatic carbocycles. The van der Waals surface area contributed by atoms with Crippen LogP contribution in [0.2, 0.25) is 0 Å². The summed E-state index contributed by atoms with van der Waals surface area (Å²) in [5.74, 6) is 0.312. The highest BCUT2D eigenvalue weighted by molar-refractivity contribution is 7.91. The summed E-state index contributed by atoms with van der Waals surface area (Å²) in [6, 6.07) is 1.29. The van der Waals surface area contributed by atoms with E-state index in [0.717, 1.165) is 13.1 Å². The zero-order valence-corrected chi connectivity index (χ0v) is 14.0. The fourth-order valence-electron chi connectivity index (χ4n) is 2.49. The van der Waals surface area contributed by atoms with Crippen molar-refractivity contribution in [3.05, 3.63) is 17.5 Å². The number of carbonyl (C=O) groups is 1. The quantitative estimate of drug-likeness (QED) is 0.849. The van der Waals surface area contributed by atoms with Crippen LogP contribution in [0.3, 0.4) is 0 Å². The van der Waals surface area contributed by atoms with Gasteiger partial charge in [0.2, 0.25) is 5.95 Å². The van der Waals surface area contributed by atoms with Gasteiger partial charge in [-0.25, -0.2) is 18.4 Å². The Morgan fingerprint density at radius 3 is 2.59 bits per heavy atom. The van der Waals surface area contributed by atoms with Gasteiger partial charge in [0.05, 0.1) is 11.5 Å². The van der Waals surface area contributed by atoms with Crippen LogP contribution in [0.25, 0.3) is 0 Å². The lowest BCUT2D eigenvalue weighted by atomic mass is 10.2. The normalized spacial score (nSPS) is 19.9. The van der Waals surface area contributed by atoms with Crippen LogP contribution in [0, 0.1) is 6.92 Å². The Kier molecular flexibility index (Phi) is 5.00. The first-order valence-electron chi connectivity index (χ1n) is 7.46. The molecule has 0 bridgehead atoms. The predicted molar refractivity (Wildman–Crippen MR) is 84.9 cm³/mol. The number of anilines is 1. The number of aryl methyl sites for hydroxylation is 1. The Labute approximate surface area is 131 Å². The SMILES string of the molecule is CCN(CC)c1nc(C)cc(C(=O)N[C@H]2CCS(=O)(=O)C2)n1. The summed E-state index contributed by atoms with van der Waals surface area (Å²) in [6.45, 7) is 7.31. The molecule has 0 saturated carbocycles. The minimum Gasteiger partial charge on any atom is -0.347 e. The smallest absolute Gasteiger partial charge is 0.270 e. The van der Waals surface area contributed by atoms with E-state index >= 15 is 0 Å². The Morgan fingerprint density at radius 1 is 1.36 bits per heavy atom. The van der Waals surface area contributed by atoms with E-state index in [4.69, 9.17) is 0 Å². The number of hydrogen-bond acceptors (Lipinski definition) is 6. The van der Waals surface area contributed by atoms with Gasteiger partial charge in [0.15, 0.2) is 9.84 Å². The second-order valence-corrected chi connectivity index (χ2v) is 7.67. The number of amides is 1. The largest absolute Gasteiger partial charge is 0.347 e. The van der Waals surface area contributed by atoms with E-state index in [9.17, 15) is 13.2 Å². The third-order valence-electron chi connectivity index (χ3n) is 3.69. The van der Waals surface area contributed by atoms with E-state index < -0.39 is 9.84 Å². The Hall–Kier alpha value is -1.70. The van der Waals surface area contributed by atoms with Crippen LogP contribution in [-0.2, 0) is 9.84 Å². The summed E-state index contributed by atoms with van der Waals surface area (Å²) in [5.41, 5.74) is 0.986. The maximum Gasteiger partial charge on any atom is 0.270 e. The van der Waals surface area contributed by atoms with Crippen LogP contribution in [0.4, 0.5) is 5.95 Å². The van der Waals surface area contributed by atoms with Crippen LogP contribution in [0.1, 0.15) is 36.5 Å². The van der Waals surface area contributed by atoms with Gasteiger partial charge in [-0.15, -0.1) is 0 Å². The van der Waals surface area contributed by atoms with E-state index in [2.05, 4.69) is 15.3 Å². The summed E-state index contributed by atoms with van der Waals surface area (Å²) in [4.78, 5) is 22.9. The minimum absolute atomic E-state index is 0.00566. The van der Waals surface area contributed by atoms with Crippen LogP contribution < -0.4 is 10.2 Å². The molecule has 1 atom stereocenters. The molecule has 1 N–H and O–H groups in total. The summed E-state index contributed by atoms with van der Waals surface area (Å²) in [6.07, 6.45) is 0.459. The first-order chi connectivity index (χ1) is 10.3. The van der Waals surface area contributed by atoms with Gasteiger partial charge in [-0.2, -0.15) is 0 Å². The van der Waals surface area contributed by atoms with Gasteiger partial charge < -0.3 is 10.2 Å². The molecular weight excluding hydrogens is 304 g/mol. The van der Waals surface area contributed by atoms with Crippen LogP contribution in [-0.4, -0.2) is 54.9 Å². The molecule has 1 amide bonds. The highest BCUT2D eigenvalue weighted by Crippen LogP contribution is 2.13. The molecule has 2 heterocycles. The van der Waals surface area contributed by atoms with Gasteiger partial charge in [0.1, 0.15) is 5.69 Å². The first kappa shape index (κ1) is 16.7. The number of sulfone groups is 1. The predicted octanol–water partition coefficient (Wildman–Crippen LogP) is 0.548. The molecule has 1 aliphatic heterocycles. The summed E-state index contributed by atoms with van der Waals surface area (Å²) < 4.78 is 22.9. The number of rotatable bonds is 5. The van der Waals surface area contributed by atoms with Crippen LogP contribution >= 0.6 is 0 Å². The fraction of sp³-hybridized carbons (Fsp3) is 0.643. The topological polar surface area (TPSA) is 92.3 Å². The molecule has 1 fully saturated rings. The molecule has 0 radical (unpaired) electrons. The van der Waals surface area contributed by atoms with Crippen molar-refractivity contribution in [1.29, 1.82) is 0 Å². The zero-order chi connectivity index (χ0) is 16.3. The minimum atomic E-state index is -3.02. The Morgan fingerprint density at radius 2 is 2.05 bits per heavy atom. The van der Waals surface area contributed by atoms with E-state index in [0.29, 0.717) is 18.1 Å².